The summed E-state index contributed by atoms with van der Waals surface area (Å²) < 4.78 is 39.1. The molecular formula is C29H42N2O6S. The molecule has 2 aromatic carbocycles. The van der Waals surface area contributed by atoms with E-state index in [4.69, 9.17) is 9.47 Å². The van der Waals surface area contributed by atoms with E-state index in [9.17, 15) is 18.3 Å². The molecule has 0 spiro atoms. The molecule has 0 bridgehead atoms. The lowest BCUT2D eigenvalue weighted by Crippen LogP contribution is -2.54. The first-order chi connectivity index (χ1) is 18.1. The lowest BCUT2D eigenvalue weighted by molar-refractivity contribution is -0.135. The normalized spacial score (nSPS) is 16.9. The number of methoxy groups -OCH3 is 2. The Kier molecular flexibility index (Phi) is 10.7. The molecule has 2 atom stereocenters. The predicted molar refractivity (Wildman–Crippen MR) is 147 cm³/mol. The van der Waals surface area contributed by atoms with E-state index >= 15 is 0 Å². The van der Waals surface area contributed by atoms with Crippen molar-refractivity contribution < 1.29 is 27.8 Å². The Bertz CT molecular complexity index is 1120. The van der Waals surface area contributed by atoms with Crippen LogP contribution in [-0.2, 0) is 26.0 Å². The number of nitrogens with zero attached hydrogens (tertiary/aromatic N) is 1. The van der Waals surface area contributed by atoms with Gasteiger partial charge in [-0.25, -0.2) is 8.42 Å². The molecule has 1 aliphatic rings. The van der Waals surface area contributed by atoms with E-state index in [1.807, 2.05) is 44.2 Å². The standard InChI is InChI=1S/C29H42N2O6S/c1-22(2)19-31(38(34,35)25-14-12-24(37-4)13-15-25)20-27(32)26(18-23-10-6-5-7-11-23)30-28(33)29(21-36-3)16-8-9-17-29/h5-7,10-15,22,26-27,32H,8-9,16-21H2,1-4H3,(H,30,33)/t26-,27-/m0/s1. The third-order valence-corrected chi connectivity index (χ3v) is 9.04. The van der Waals surface area contributed by atoms with E-state index < -0.39 is 27.6 Å². The largest absolute Gasteiger partial charge is 0.497 e. The van der Waals surface area contributed by atoms with E-state index in [0.29, 0.717) is 18.8 Å². The summed E-state index contributed by atoms with van der Waals surface area (Å²) in [6.45, 7) is 4.26. The molecule has 2 N–H and O–H groups in total. The Morgan fingerprint density at radius 2 is 1.66 bits per heavy atom. The van der Waals surface area contributed by atoms with Gasteiger partial charge in [-0.1, -0.05) is 57.0 Å². The molecule has 0 aliphatic heterocycles. The Balaban J connectivity index is 1.88. The van der Waals surface area contributed by atoms with Crippen molar-refractivity contribution in [1.29, 1.82) is 0 Å². The number of benzene rings is 2. The molecule has 8 nitrogen and oxygen atoms in total. The van der Waals surface area contributed by atoms with Crippen molar-refractivity contribution in [3.05, 3.63) is 60.2 Å². The van der Waals surface area contributed by atoms with Crippen LogP contribution in [0.5, 0.6) is 5.75 Å². The fourth-order valence-electron chi connectivity index (χ4n) is 5.15. The van der Waals surface area contributed by atoms with Gasteiger partial charge in [0.25, 0.3) is 0 Å². The minimum atomic E-state index is -3.90. The highest BCUT2D eigenvalue weighted by Gasteiger charge is 2.43. The molecule has 0 aromatic heterocycles. The lowest BCUT2D eigenvalue weighted by Gasteiger charge is -2.34. The summed E-state index contributed by atoms with van der Waals surface area (Å²) in [5.41, 5.74) is 0.313. The summed E-state index contributed by atoms with van der Waals surface area (Å²) in [6.07, 6.45) is 2.59. The van der Waals surface area contributed by atoms with Crippen molar-refractivity contribution in [1.82, 2.24) is 9.62 Å². The third kappa shape index (κ3) is 7.56. The average Bonchev–Trinajstić information content (AvgIpc) is 3.38. The summed E-state index contributed by atoms with van der Waals surface area (Å²) in [7, 11) is -0.785. The molecule has 0 unspecified atom stereocenters. The molecule has 0 heterocycles. The quantitative estimate of drug-likeness (QED) is 0.375. The number of hydrogen-bond acceptors (Lipinski definition) is 6. The van der Waals surface area contributed by atoms with E-state index in [-0.39, 0.29) is 29.8 Å². The molecule has 0 radical (unpaired) electrons. The number of carbonyl (C=O) groups excluding carboxylic acids is 1. The van der Waals surface area contributed by atoms with Gasteiger partial charge in [0.15, 0.2) is 0 Å². The first-order valence-electron chi connectivity index (χ1n) is 13.3. The van der Waals surface area contributed by atoms with Gasteiger partial charge < -0.3 is 19.9 Å². The number of hydrogen-bond donors (Lipinski definition) is 2. The molecule has 210 valence electrons. The Hall–Kier alpha value is -2.46. The Labute approximate surface area is 227 Å². The minimum Gasteiger partial charge on any atom is -0.497 e. The number of aliphatic hydroxyl groups excluding tert-OH is 1. The molecular weight excluding hydrogens is 504 g/mol. The third-order valence-electron chi connectivity index (χ3n) is 7.20. The number of ether oxygens (including phenoxy) is 2. The molecule has 1 saturated carbocycles. The molecule has 0 saturated heterocycles. The number of rotatable bonds is 14. The van der Waals surface area contributed by atoms with Crippen LogP contribution in [0.25, 0.3) is 0 Å². The molecule has 1 aliphatic carbocycles. The molecule has 1 amide bonds. The van der Waals surface area contributed by atoms with Gasteiger partial charge in [0, 0.05) is 20.2 Å². The van der Waals surface area contributed by atoms with Crippen LogP contribution in [0.4, 0.5) is 0 Å². The zero-order valence-corrected chi connectivity index (χ0v) is 23.7. The van der Waals surface area contributed by atoms with Crippen LogP contribution in [0.1, 0.15) is 45.1 Å². The highest BCUT2D eigenvalue weighted by atomic mass is 32.2. The highest BCUT2D eigenvalue weighted by molar-refractivity contribution is 7.89. The SMILES string of the molecule is COCC1(C(=O)N[C@@H](Cc2ccccc2)[C@@H](O)CN(CC(C)C)S(=O)(=O)c2ccc(OC)cc2)CCCC1. The molecule has 2 aromatic rings. The second-order valence-corrected chi connectivity index (χ2v) is 12.6. The molecule has 38 heavy (non-hydrogen) atoms. The zero-order valence-electron chi connectivity index (χ0n) is 22.9. The number of nitrogens with one attached hydrogen (secondary N) is 1. The maximum Gasteiger partial charge on any atom is 0.243 e. The number of carbonyl (C=O) groups is 1. The van der Waals surface area contributed by atoms with E-state index in [1.165, 1.54) is 23.5 Å². The predicted octanol–water partition coefficient (Wildman–Crippen LogP) is 3.64. The first-order valence-corrected chi connectivity index (χ1v) is 14.7. The fraction of sp³-hybridized carbons (Fsp3) is 0.552. The highest BCUT2D eigenvalue weighted by Crippen LogP contribution is 2.38. The van der Waals surface area contributed by atoms with Crippen LogP contribution in [0.3, 0.4) is 0 Å². The average molecular weight is 547 g/mol. The Morgan fingerprint density at radius 1 is 1.03 bits per heavy atom. The monoisotopic (exact) mass is 546 g/mol. The fourth-order valence-corrected chi connectivity index (χ4v) is 6.77. The summed E-state index contributed by atoms with van der Waals surface area (Å²) in [6, 6.07) is 15.1. The van der Waals surface area contributed by atoms with Gasteiger partial charge in [-0.15, -0.1) is 0 Å². The second kappa shape index (κ2) is 13.6. The number of amides is 1. The van der Waals surface area contributed by atoms with Crippen LogP contribution in [0, 0.1) is 11.3 Å². The number of sulfonamides is 1. The maximum atomic E-state index is 13.6. The van der Waals surface area contributed by atoms with Gasteiger partial charge in [0.05, 0.1) is 36.2 Å². The summed E-state index contributed by atoms with van der Waals surface area (Å²) in [5, 5.41) is 14.6. The lowest BCUT2D eigenvalue weighted by atomic mass is 9.85. The zero-order chi connectivity index (χ0) is 27.8. The van der Waals surface area contributed by atoms with Crippen LogP contribution < -0.4 is 10.1 Å². The smallest absolute Gasteiger partial charge is 0.243 e. The topological polar surface area (TPSA) is 105 Å². The summed E-state index contributed by atoms with van der Waals surface area (Å²) in [4.78, 5) is 13.7. The van der Waals surface area contributed by atoms with Crippen LogP contribution >= 0.6 is 0 Å². The summed E-state index contributed by atoms with van der Waals surface area (Å²) in [5.74, 6) is 0.438. The van der Waals surface area contributed by atoms with Gasteiger partial charge >= 0.3 is 0 Å². The number of aliphatic hydroxyl groups is 1. The van der Waals surface area contributed by atoms with Crippen molar-refractivity contribution in [2.75, 3.05) is 33.9 Å². The van der Waals surface area contributed by atoms with Gasteiger partial charge in [-0.05, 0) is 55.0 Å². The van der Waals surface area contributed by atoms with Gasteiger partial charge in [-0.3, -0.25) is 4.79 Å². The van der Waals surface area contributed by atoms with E-state index in [0.717, 1.165) is 31.2 Å². The van der Waals surface area contributed by atoms with Crippen molar-refractivity contribution in [3.8, 4) is 5.75 Å². The van der Waals surface area contributed by atoms with Crippen molar-refractivity contribution >= 4 is 15.9 Å². The molecule has 1 fully saturated rings. The van der Waals surface area contributed by atoms with Crippen molar-refractivity contribution in [2.45, 2.75) is 63.0 Å². The summed E-state index contributed by atoms with van der Waals surface area (Å²) >= 11 is 0. The van der Waals surface area contributed by atoms with Crippen LogP contribution in [0.15, 0.2) is 59.5 Å². The maximum absolute atomic E-state index is 13.6. The Morgan fingerprint density at radius 3 is 2.21 bits per heavy atom. The van der Waals surface area contributed by atoms with Crippen LogP contribution in [-0.4, -0.2) is 69.8 Å². The van der Waals surface area contributed by atoms with Gasteiger partial charge in [0.2, 0.25) is 15.9 Å². The van der Waals surface area contributed by atoms with E-state index in [2.05, 4.69) is 5.32 Å². The molecule has 9 heteroatoms. The second-order valence-electron chi connectivity index (χ2n) is 10.6. The van der Waals surface area contributed by atoms with Crippen molar-refractivity contribution in [2.24, 2.45) is 11.3 Å². The van der Waals surface area contributed by atoms with Gasteiger partial charge in [0.1, 0.15) is 5.75 Å². The molecule has 3 rings (SSSR count). The van der Waals surface area contributed by atoms with Gasteiger partial charge in [-0.2, -0.15) is 4.31 Å². The minimum absolute atomic E-state index is 0.0286. The first kappa shape index (κ1) is 30.1. The van der Waals surface area contributed by atoms with E-state index in [1.54, 1.807) is 19.2 Å². The van der Waals surface area contributed by atoms with Crippen molar-refractivity contribution in [3.63, 3.8) is 0 Å². The van der Waals surface area contributed by atoms with Crippen LogP contribution in [0.2, 0.25) is 0 Å².